The molecular formula is C21H22ClF3N2O3. The van der Waals surface area contributed by atoms with Gasteiger partial charge in [0.15, 0.2) is 0 Å². The van der Waals surface area contributed by atoms with Crippen LogP contribution in [-0.4, -0.2) is 28.1 Å². The topological polar surface area (TPSA) is 51.7 Å². The molecule has 1 aliphatic rings. The Bertz CT molecular complexity index is 925. The van der Waals surface area contributed by atoms with Crippen molar-refractivity contribution in [2.24, 2.45) is 0 Å². The molecule has 0 saturated heterocycles. The first kappa shape index (κ1) is 22.2. The van der Waals surface area contributed by atoms with Crippen molar-refractivity contribution in [3.8, 4) is 5.88 Å². The fourth-order valence-electron chi connectivity index (χ4n) is 2.97. The monoisotopic (exact) mass is 442 g/mol. The number of halogens is 4. The molecule has 0 aliphatic carbocycles. The Morgan fingerprint density at radius 3 is 2.47 bits per heavy atom. The number of hydrogen-bond donors (Lipinski definition) is 0. The third kappa shape index (κ3) is 5.56. The molecule has 3 rings (SSSR count). The highest BCUT2D eigenvalue weighted by Crippen LogP contribution is 2.38. The molecule has 30 heavy (non-hydrogen) atoms. The van der Waals surface area contributed by atoms with Crippen molar-refractivity contribution < 1.29 is 27.4 Å². The van der Waals surface area contributed by atoms with Gasteiger partial charge >= 0.3 is 12.3 Å². The average Bonchev–Trinajstić information content (AvgIpc) is 2.64. The number of fused-ring (bicyclic) bond motifs is 1. The minimum Gasteiger partial charge on any atom is -0.472 e. The molecular weight excluding hydrogens is 421 g/mol. The number of carbonyl (C=O) groups excluding carboxylic acids is 1. The molecule has 0 fully saturated rings. The highest BCUT2D eigenvalue weighted by molar-refractivity contribution is 6.30. The summed E-state index contributed by atoms with van der Waals surface area (Å²) in [5, 5.41) is 0.517. The van der Waals surface area contributed by atoms with Crippen molar-refractivity contribution in [3.63, 3.8) is 0 Å². The zero-order valence-corrected chi connectivity index (χ0v) is 17.6. The van der Waals surface area contributed by atoms with Crippen molar-refractivity contribution in [2.75, 3.05) is 6.54 Å². The van der Waals surface area contributed by atoms with E-state index in [1.807, 2.05) is 0 Å². The second-order valence-corrected chi connectivity index (χ2v) is 8.45. The predicted octanol–water partition coefficient (Wildman–Crippen LogP) is 5.63. The normalized spacial score (nSPS) is 14.3. The first-order valence-electron chi connectivity index (χ1n) is 9.37. The molecule has 0 radical (unpaired) electrons. The third-order valence-corrected chi connectivity index (χ3v) is 4.65. The highest BCUT2D eigenvalue weighted by Gasteiger charge is 2.37. The summed E-state index contributed by atoms with van der Waals surface area (Å²) >= 11 is 5.83. The first-order valence-corrected chi connectivity index (χ1v) is 9.75. The van der Waals surface area contributed by atoms with E-state index in [9.17, 15) is 18.0 Å². The summed E-state index contributed by atoms with van der Waals surface area (Å²) in [7, 11) is 0. The van der Waals surface area contributed by atoms with E-state index in [2.05, 4.69) is 4.98 Å². The van der Waals surface area contributed by atoms with Gasteiger partial charge in [0.2, 0.25) is 5.88 Å². The molecule has 9 heteroatoms. The zero-order chi connectivity index (χ0) is 22.1. The molecule has 1 aromatic carbocycles. The van der Waals surface area contributed by atoms with E-state index in [-0.39, 0.29) is 26.1 Å². The van der Waals surface area contributed by atoms with Gasteiger partial charge < -0.3 is 14.4 Å². The Labute approximate surface area is 177 Å². The van der Waals surface area contributed by atoms with Crippen LogP contribution in [0.2, 0.25) is 5.02 Å². The Hall–Kier alpha value is -2.48. The number of carbonyl (C=O) groups is 1. The van der Waals surface area contributed by atoms with Gasteiger partial charge in [-0.3, -0.25) is 0 Å². The van der Waals surface area contributed by atoms with E-state index in [0.29, 0.717) is 21.8 Å². The summed E-state index contributed by atoms with van der Waals surface area (Å²) in [5.74, 6) is -0.512. The van der Waals surface area contributed by atoms with E-state index in [4.69, 9.17) is 21.1 Å². The fourth-order valence-corrected chi connectivity index (χ4v) is 3.10. The molecule has 2 aromatic rings. The lowest BCUT2D eigenvalue weighted by Gasteiger charge is -2.31. The number of amides is 1. The number of nitrogens with zero attached hydrogens (tertiary/aromatic N) is 2. The Kier molecular flexibility index (Phi) is 6.17. The van der Waals surface area contributed by atoms with Crippen LogP contribution < -0.4 is 4.74 Å². The van der Waals surface area contributed by atoms with Crippen LogP contribution in [0.5, 0.6) is 5.88 Å². The summed E-state index contributed by atoms with van der Waals surface area (Å²) in [5.41, 5.74) is -0.131. The average molecular weight is 443 g/mol. The first-order chi connectivity index (χ1) is 13.9. The number of benzene rings is 1. The van der Waals surface area contributed by atoms with E-state index in [1.165, 1.54) is 4.90 Å². The number of ether oxygens (including phenoxy) is 2. The van der Waals surface area contributed by atoms with Crippen LogP contribution in [0.4, 0.5) is 18.0 Å². The molecule has 1 aliphatic heterocycles. The summed E-state index contributed by atoms with van der Waals surface area (Å²) in [6.45, 7) is 5.46. The van der Waals surface area contributed by atoms with Crippen LogP contribution in [0.3, 0.4) is 0 Å². The quantitative estimate of drug-likeness (QED) is 0.618. The number of aromatic nitrogens is 1. The minimum absolute atomic E-state index is 0.0552. The van der Waals surface area contributed by atoms with Crippen LogP contribution in [0, 0.1) is 0 Å². The SMILES string of the molecule is CC(C)(C)OC(=O)N1CCc2cc(C(F)(F)F)c(OCc3ccc(Cl)cc3)nc2C1. The van der Waals surface area contributed by atoms with Gasteiger partial charge in [0.05, 0.1) is 12.2 Å². The van der Waals surface area contributed by atoms with Gasteiger partial charge in [0.1, 0.15) is 17.8 Å². The predicted molar refractivity (Wildman–Crippen MR) is 105 cm³/mol. The second kappa shape index (κ2) is 8.34. The zero-order valence-electron chi connectivity index (χ0n) is 16.8. The van der Waals surface area contributed by atoms with Crippen LogP contribution >= 0.6 is 11.6 Å². The molecule has 2 heterocycles. The van der Waals surface area contributed by atoms with E-state index < -0.39 is 29.3 Å². The molecule has 0 N–H and O–H groups in total. The summed E-state index contributed by atoms with van der Waals surface area (Å²) in [6, 6.07) is 7.65. The maximum absolute atomic E-state index is 13.6. The standard InChI is InChI=1S/C21H22ClF3N2O3/c1-20(2,3)30-19(28)27-9-8-14-10-16(21(23,24)25)18(26-17(14)11-27)29-12-13-4-6-15(22)7-5-13/h4-7,10H,8-9,11-12H2,1-3H3. The van der Waals surface area contributed by atoms with Crippen molar-refractivity contribution in [1.82, 2.24) is 9.88 Å². The van der Waals surface area contributed by atoms with Gasteiger partial charge in [0, 0.05) is 11.6 Å². The van der Waals surface area contributed by atoms with Crippen molar-refractivity contribution in [3.05, 3.63) is 57.7 Å². The van der Waals surface area contributed by atoms with Crippen LogP contribution in [0.15, 0.2) is 30.3 Å². The molecule has 0 atom stereocenters. The van der Waals surface area contributed by atoms with Gasteiger partial charge in [0.25, 0.3) is 0 Å². The lowest BCUT2D eigenvalue weighted by molar-refractivity contribution is -0.139. The van der Waals surface area contributed by atoms with E-state index in [1.54, 1.807) is 45.0 Å². The molecule has 0 bridgehead atoms. The third-order valence-electron chi connectivity index (χ3n) is 4.39. The summed E-state index contributed by atoms with van der Waals surface area (Å²) in [6.07, 6.45) is -4.89. The van der Waals surface area contributed by atoms with E-state index in [0.717, 1.165) is 6.07 Å². The number of pyridine rings is 1. The number of alkyl halides is 3. The molecule has 1 amide bonds. The summed E-state index contributed by atoms with van der Waals surface area (Å²) < 4.78 is 51.5. The molecule has 0 saturated carbocycles. The molecule has 162 valence electrons. The molecule has 5 nitrogen and oxygen atoms in total. The smallest absolute Gasteiger partial charge is 0.421 e. The van der Waals surface area contributed by atoms with Gasteiger partial charge in [-0.25, -0.2) is 9.78 Å². The van der Waals surface area contributed by atoms with Crippen LogP contribution in [0.1, 0.15) is 43.2 Å². The Morgan fingerprint density at radius 2 is 1.87 bits per heavy atom. The van der Waals surface area contributed by atoms with Crippen molar-refractivity contribution >= 4 is 17.7 Å². The van der Waals surface area contributed by atoms with Gasteiger partial charge in [-0.1, -0.05) is 23.7 Å². The lowest BCUT2D eigenvalue weighted by Crippen LogP contribution is -2.40. The van der Waals surface area contributed by atoms with Gasteiger partial charge in [-0.2, -0.15) is 13.2 Å². The van der Waals surface area contributed by atoms with Crippen molar-refractivity contribution in [1.29, 1.82) is 0 Å². The Balaban J connectivity index is 1.84. The largest absolute Gasteiger partial charge is 0.472 e. The molecule has 1 aromatic heterocycles. The van der Waals surface area contributed by atoms with Crippen molar-refractivity contribution in [2.45, 2.75) is 52.1 Å². The lowest BCUT2D eigenvalue weighted by atomic mass is 10.0. The molecule has 0 unspecified atom stereocenters. The summed E-state index contributed by atoms with van der Waals surface area (Å²) in [4.78, 5) is 17.9. The fraction of sp³-hybridized carbons (Fsp3) is 0.429. The maximum atomic E-state index is 13.6. The second-order valence-electron chi connectivity index (χ2n) is 8.01. The van der Waals surface area contributed by atoms with Crippen LogP contribution in [-0.2, 0) is 30.5 Å². The minimum atomic E-state index is -4.61. The van der Waals surface area contributed by atoms with Gasteiger partial charge in [-0.15, -0.1) is 0 Å². The highest BCUT2D eigenvalue weighted by atomic mass is 35.5. The molecule has 0 spiro atoms. The maximum Gasteiger partial charge on any atom is 0.421 e. The number of hydrogen-bond acceptors (Lipinski definition) is 4. The van der Waals surface area contributed by atoms with E-state index >= 15 is 0 Å². The number of rotatable bonds is 3. The van der Waals surface area contributed by atoms with Crippen LogP contribution in [0.25, 0.3) is 0 Å². The van der Waals surface area contributed by atoms with Gasteiger partial charge in [-0.05, 0) is 56.5 Å². The Morgan fingerprint density at radius 1 is 1.20 bits per heavy atom.